The maximum atomic E-state index is 12.8. The minimum atomic E-state index is -0.513. The van der Waals surface area contributed by atoms with Crippen LogP contribution in [0.4, 0.5) is 11.4 Å². The molecule has 0 radical (unpaired) electrons. The van der Waals surface area contributed by atoms with Crippen LogP contribution < -0.4 is 16.0 Å². The van der Waals surface area contributed by atoms with Gasteiger partial charge in [0.05, 0.1) is 6.26 Å². The summed E-state index contributed by atoms with van der Waals surface area (Å²) in [5, 5.41) is 8.10. The molecular weight excluding hydrogens is 382 g/mol. The zero-order valence-corrected chi connectivity index (χ0v) is 16.3. The highest BCUT2D eigenvalue weighted by molar-refractivity contribution is 6.10. The van der Waals surface area contributed by atoms with Gasteiger partial charge < -0.3 is 20.4 Å². The number of hydrogen-bond donors (Lipinski definition) is 3. The highest BCUT2D eigenvalue weighted by Crippen LogP contribution is 2.15. The lowest BCUT2D eigenvalue weighted by atomic mass is 10.2. The third-order valence-electron chi connectivity index (χ3n) is 4.11. The summed E-state index contributed by atoms with van der Waals surface area (Å²) in [5.74, 6) is -0.604. The number of amides is 3. The van der Waals surface area contributed by atoms with Crippen LogP contribution in [0.15, 0.2) is 83.1 Å². The Labute approximate surface area is 173 Å². The lowest BCUT2D eigenvalue weighted by molar-refractivity contribution is -0.116. The second-order valence-electron chi connectivity index (χ2n) is 6.33. The van der Waals surface area contributed by atoms with Gasteiger partial charge in [-0.05, 0) is 48.5 Å². The number of rotatable bonds is 7. The average Bonchev–Trinajstić information content (AvgIpc) is 3.28. The van der Waals surface area contributed by atoms with E-state index >= 15 is 0 Å². The number of nitrogens with one attached hydrogen (secondary N) is 3. The van der Waals surface area contributed by atoms with E-state index in [2.05, 4.69) is 16.0 Å². The molecule has 0 spiro atoms. The molecule has 1 aromatic heterocycles. The smallest absolute Gasteiger partial charge is 0.272 e. The minimum Gasteiger partial charge on any atom is -0.465 e. The van der Waals surface area contributed by atoms with Crippen LogP contribution in [0.25, 0.3) is 6.08 Å². The van der Waals surface area contributed by atoms with Crippen molar-refractivity contribution in [2.45, 2.75) is 13.3 Å². The summed E-state index contributed by atoms with van der Waals surface area (Å²) in [4.78, 5) is 36.8. The predicted molar refractivity (Wildman–Crippen MR) is 115 cm³/mol. The molecule has 0 saturated carbocycles. The Morgan fingerprint density at radius 2 is 1.53 bits per heavy atom. The van der Waals surface area contributed by atoms with Gasteiger partial charge in [0.15, 0.2) is 0 Å². The maximum absolute atomic E-state index is 12.8. The first-order chi connectivity index (χ1) is 14.5. The van der Waals surface area contributed by atoms with Gasteiger partial charge in [-0.25, -0.2) is 0 Å². The van der Waals surface area contributed by atoms with Crippen molar-refractivity contribution >= 4 is 35.2 Å². The van der Waals surface area contributed by atoms with E-state index in [0.29, 0.717) is 29.1 Å². The third kappa shape index (κ3) is 5.68. The molecule has 0 unspecified atom stereocenters. The van der Waals surface area contributed by atoms with E-state index in [9.17, 15) is 14.4 Å². The van der Waals surface area contributed by atoms with E-state index in [4.69, 9.17) is 4.42 Å². The molecular formula is C23H21N3O4. The van der Waals surface area contributed by atoms with E-state index in [-0.39, 0.29) is 11.6 Å². The number of furan rings is 1. The van der Waals surface area contributed by atoms with Crippen LogP contribution in [0.1, 0.15) is 29.5 Å². The van der Waals surface area contributed by atoms with E-state index in [1.807, 2.05) is 0 Å². The zero-order chi connectivity index (χ0) is 21.3. The van der Waals surface area contributed by atoms with E-state index in [1.54, 1.807) is 73.7 Å². The average molecular weight is 403 g/mol. The van der Waals surface area contributed by atoms with Gasteiger partial charge in [-0.15, -0.1) is 0 Å². The fourth-order valence-corrected chi connectivity index (χ4v) is 2.54. The molecule has 0 aliphatic rings. The summed E-state index contributed by atoms with van der Waals surface area (Å²) in [7, 11) is 0. The van der Waals surface area contributed by atoms with Crippen molar-refractivity contribution in [3.05, 3.63) is 90.0 Å². The molecule has 2 aromatic carbocycles. The van der Waals surface area contributed by atoms with E-state index < -0.39 is 11.8 Å². The number of carbonyl (C=O) groups is 3. The minimum absolute atomic E-state index is 0.0298. The summed E-state index contributed by atoms with van der Waals surface area (Å²) in [6, 6.07) is 18.6. The van der Waals surface area contributed by atoms with Crippen molar-refractivity contribution in [3.63, 3.8) is 0 Å². The van der Waals surface area contributed by atoms with Gasteiger partial charge in [-0.2, -0.15) is 0 Å². The second-order valence-corrected chi connectivity index (χ2v) is 6.33. The molecule has 0 atom stereocenters. The fourth-order valence-electron chi connectivity index (χ4n) is 2.54. The highest BCUT2D eigenvalue weighted by Gasteiger charge is 2.15. The van der Waals surface area contributed by atoms with Gasteiger partial charge in [-0.3, -0.25) is 14.4 Å². The molecule has 7 nitrogen and oxygen atoms in total. The van der Waals surface area contributed by atoms with Gasteiger partial charge in [0.25, 0.3) is 11.8 Å². The fraction of sp³-hybridized carbons (Fsp3) is 0.0870. The lowest BCUT2D eigenvalue weighted by Gasteiger charge is -2.11. The molecule has 0 fully saturated rings. The Balaban J connectivity index is 1.75. The Morgan fingerprint density at radius 3 is 2.13 bits per heavy atom. The molecule has 0 aliphatic heterocycles. The van der Waals surface area contributed by atoms with Crippen molar-refractivity contribution in [1.29, 1.82) is 0 Å². The normalized spacial score (nSPS) is 10.9. The van der Waals surface area contributed by atoms with Crippen molar-refractivity contribution in [3.8, 4) is 0 Å². The van der Waals surface area contributed by atoms with Crippen molar-refractivity contribution in [2.75, 3.05) is 10.6 Å². The standard InChI is InChI=1S/C23H21N3O4/c1-2-21(27)24-17-10-12-18(13-11-17)25-23(29)20(15-19-9-6-14-30-19)26-22(28)16-7-4-3-5-8-16/h3-15H,2H2,1H3,(H,24,27)(H,25,29)(H,26,28)/b20-15-. The number of anilines is 2. The maximum Gasteiger partial charge on any atom is 0.272 e. The first-order valence-electron chi connectivity index (χ1n) is 9.38. The Hall–Kier alpha value is -4.13. The van der Waals surface area contributed by atoms with Gasteiger partial charge >= 0.3 is 0 Å². The molecule has 3 N–H and O–H groups in total. The molecule has 3 aromatic rings. The van der Waals surface area contributed by atoms with Crippen LogP contribution in [0.2, 0.25) is 0 Å². The molecule has 0 aliphatic carbocycles. The molecule has 3 rings (SSSR count). The lowest BCUT2D eigenvalue weighted by Crippen LogP contribution is -2.30. The first kappa shape index (κ1) is 20.6. The molecule has 30 heavy (non-hydrogen) atoms. The summed E-state index contributed by atoms with van der Waals surface area (Å²) in [6.07, 6.45) is 3.30. The SMILES string of the molecule is CCC(=O)Nc1ccc(NC(=O)/C(=C/c2ccco2)NC(=O)c2ccccc2)cc1. The second kappa shape index (κ2) is 9.88. The highest BCUT2D eigenvalue weighted by atomic mass is 16.3. The predicted octanol–water partition coefficient (Wildman–Crippen LogP) is 4.04. The Morgan fingerprint density at radius 1 is 0.867 bits per heavy atom. The number of hydrogen-bond acceptors (Lipinski definition) is 4. The topological polar surface area (TPSA) is 100 Å². The summed E-state index contributed by atoms with van der Waals surface area (Å²) in [6.45, 7) is 1.76. The molecule has 0 saturated heterocycles. The van der Waals surface area contributed by atoms with E-state index in [0.717, 1.165) is 0 Å². The quantitative estimate of drug-likeness (QED) is 0.518. The zero-order valence-electron chi connectivity index (χ0n) is 16.3. The van der Waals surface area contributed by atoms with Crippen molar-refractivity contribution in [1.82, 2.24) is 5.32 Å². The van der Waals surface area contributed by atoms with Crippen molar-refractivity contribution in [2.24, 2.45) is 0 Å². The third-order valence-corrected chi connectivity index (χ3v) is 4.11. The van der Waals surface area contributed by atoms with Crippen LogP contribution >= 0.6 is 0 Å². The molecule has 152 valence electrons. The largest absolute Gasteiger partial charge is 0.465 e. The molecule has 7 heteroatoms. The number of carbonyl (C=O) groups excluding carboxylic acids is 3. The first-order valence-corrected chi connectivity index (χ1v) is 9.38. The monoisotopic (exact) mass is 403 g/mol. The van der Waals surface area contributed by atoms with Crippen LogP contribution in [0.3, 0.4) is 0 Å². The van der Waals surface area contributed by atoms with Gasteiger partial charge in [0.1, 0.15) is 11.5 Å². The molecule has 0 bridgehead atoms. The molecule has 3 amide bonds. The van der Waals surface area contributed by atoms with Gasteiger partial charge in [0.2, 0.25) is 5.91 Å². The van der Waals surface area contributed by atoms with Crippen LogP contribution in [-0.4, -0.2) is 17.7 Å². The van der Waals surface area contributed by atoms with Crippen LogP contribution in [-0.2, 0) is 9.59 Å². The number of benzene rings is 2. The van der Waals surface area contributed by atoms with Crippen molar-refractivity contribution < 1.29 is 18.8 Å². The molecule has 1 heterocycles. The summed E-state index contributed by atoms with van der Waals surface area (Å²) < 4.78 is 5.27. The van der Waals surface area contributed by atoms with Gasteiger partial charge in [-0.1, -0.05) is 25.1 Å². The summed E-state index contributed by atoms with van der Waals surface area (Å²) in [5.41, 5.74) is 1.59. The van der Waals surface area contributed by atoms with Crippen LogP contribution in [0.5, 0.6) is 0 Å². The summed E-state index contributed by atoms with van der Waals surface area (Å²) >= 11 is 0. The van der Waals surface area contributed by atoms with E-state index in [1.165, 1.54) is 12.3 Å². The van der Waals surface area contributed by atoms with Gasteiger partial charge in [0, 0.05) is 29.4 Å². The van der Waals surface area contributed by atoms with Crippen LogP contribution in [0, 0.1) is 0 Å². The Kier molecular flexibility index (Phi) is 6.78. The Bertz CT molecular complexity index is 1040.